The Bertz CT molecular complexity index is 516. The lowest BCUT2D eigenvalue weighted by Crippen LogP contribution is -2.22. The molecule has 0 aliphatic carbocycles. The van der Waals surface area contributed by atoms with Crippen molar-refractivity contribution in [1.29, 1.82) is 0 Å². The van der Waals surface area contributed by atoms with Crippen molar-refractivity contribution in [3.8, 4) is 0 Å². The standard InChI is InChI=1S/C14H18ClNS2/c1-4-5-16-13(11-6-10(3)17-8-11)14-12(15)9(2)7-18-14/h6-8,13,16H,4-5H2,1-3H3. The molecule has 1 atom stereocenters. The molecule has 2 aromatic rings. The number of rotatable bonds is 5. The predicted octanol–water partition coefficient (Wildman–Crippen LogP) is 5.17. The summed E-state index contributed by atoms with van der Waals surface area (Å²) in [5.41, 5.74) is 2.50. The molecule has 98 valence electrons. The summed E-state index contributed by atoms with van der Waals surface area (Å²) in [6.07, 6.45) is 1.13. The maximum Gasteiger partial charge on any atom is 0.0694 e. The van der Waals surface area contributed by atoms with Crippen molar-refractivity contribution in [3.05, 3.63) is 42.7 Å². The lowest BCUT2D eigenvalue weighted by Gasteiger charge is -2.17. The number of halogens is 1. The Labute approximate surface area is 122 Å². The Morgan fingerprint density at radius 1 is 1.28 bits per heavy atom. The van der Waals surface area contributed by atoms with Crippen LogP contribution in [0.25, 0.3) is 0 Å². The van der Waals surface area contributed by atoms with Gasteiger partial charge >= 0.3 is 0 Å². The van der Waals surface area contributed by atoms with Crippen LogP contribution in [-0.4, -0.2) is 6.54 Å². The summed E-state index contributed by atoms with van der Waals surface area (Å²) in [6, 6.07) is 2.49. The van der Waals surface area contributed by atoms with Crippen LogP contribution in [-0.2, 0) is 0 Å². The quantitative estimate of drug-likeness (QED) is 0.803. The van der Waals surface area contributed by atoms with Crippen molar-refractivity contribution in [2.75, 3.05) is 6.54 Å². The van der Waals surface area contributed by atoms with Crippen LogP contribution in [0.5, 0.6) is 0 Å². The maximum atomic E-state index is 6.41. The zero-order valence-electron chi connectivity index (χ0n) is 10.9. The highest BCUT2D eigenvalue weighted by Crippen LogP contribution is 2.36. The van der Waals surface area contributed by atoms with E-state index in [0.29, 0.717) is 0 Å². The molecule has 2 aromatic heterocycles. The van der Waals surface area contributed by atoms with Gasteiger partial charge in [-0.25, -0.2) is 0 Å². The van der Waals surface area contributed by atoms with E-state index in [0.717, 1.165) is 18.0 Å². The predicted molar refractivity (Wildman–Crippen MR) is 83.3 cm³/mol. The number of nitrogens with one attached hydrogen (secondary N) is 1. The average Bonchev–Trinajstić information content (AvgIpc) is 2.90. The van der Waals surface area contributed by atoms with Gasteiger partial charge in [0.15, 0.2) is 0 Å². The molecule has 1 unspecified atom stereocenters. The van der Waals surface area contributed by atoms with Crippen LogP contribution in [0.4, 0.5) is 0 Å². The summed E-state index contributed by atoms with van der Waals surface area (Å²) in [5, 5.41) is 8.88. The Hall–Kier alpha value is -0.350. The molecule has 0 aliphatic heterocycles. The molecule has 0 saturated carbocycles. The van der Waals surface area contributed by atoms with Crippen LogP contribution in [0.3, 0.4) is 0 Å². The molecule has 18 heavy (non-hydrogen) atoms. The topological polar surface area (TPSA) is 12.0 Å². The summed E-state index contributed by atoms with van der Waals surface area (Å²) in [7, 11) is 0. The van der Waals surface area contributed by atoms with Crippen molar-refractivity contribution in [2.45, 2.75) is 33.2 Å². The summed E-state index contributed by atoms with van der Waals surface area (Å²) < 4.78 is 0. The molecule has 0 aliphatic rings. The fourth-order valence-corrected chi connectivity index (χ4v) is 4.04. The van der Waals surface area contributed by atoms with Gasteiger partial charge in [0.05, 0.1) is 11.1 Å². The summed E-state index contributed by atoms with van der Waals surface area (Å²) in [4.78, 5) is 2.58. The highest BCUT2D eigenvalue weighted by atomic mass is 35.5. The van der Waals surface area contributed by atoms with Gasteiger partial charge in [0, 0.05) is 9.75 Å². The second kappa shape index (κ2) is 6.20. The van der Waals surface area contributed by atoms with Gasteiger partial charge < -0.3 is 5.32 Å². The largest absolute Gasteiger partial charge is 0.306 e. The van der Waals surface area contributed by atoms with Gasteiger partial charge in [-0.05, 0) is 54.8 Å². The van der Waals surface area contributed by atoms with Gasteiger partial charge in [-0.15, -0.1) is 22.7 Å². The molecule has 0 fully saturated rings. The first-order chi connectivity index (χ1) is 8.63. The first-order valence-electron chi connectivity index (χ1n) is 6.15. The molecule has 2 heterocycles. The second-order valence-corrected chi connectivity index (χ2v) is 6.88. The fourth-order valence-electron chi connectivity index (χ4n) is 1.91. The van der Waals surface area contributed by atoms with Crippen LogP contribution < -0.4 is 5.32 Å². The minimum Gasteiger partial charge on any atom is -0.306 e. The van der Waals surface area contributed by atoms with E-state index in [9.17, 15) is 0 Å². The number of hydrogen-bond donors (Lipinski definition) is 1. The Morgan fingerprint density at radius 3 is 2.56 bits per heavy atom. The monoisotopic (exact) mass is 299 g/mol. The van der Waals surface area contributed by atoms with E-state index in [1.165, 1.54) is 20.9 Å². The molecule has 0 spiro atoms. The third-order valence-corrected chi connectivity index (χ3v) is 5.53. The molecular weight excluding hydrogens is 282 g/mol. The van der Waals surface area contributed by atoms with Crippen molar-refractivity contribution < 1.29 is 0 Å². The molecule has 0 amide bonds. The Balaban J connectivity index is 2.33. The Kier molecular flexibility index (Phi) is 4.84. The van der Waals surface area contributed by atoms with Gasteiger partial charge in [0.25, 0.3) is 0 Å². The minimum atomic E-state index is 0.237. The maximum absolute atomic E-state index is 6.41. The van der Waals surface area contributed by atoms with Gasteiger partial charge in [0.1, 0.15) is 0 Å². The lowest BCUT2D eigenvalue weighted by molar-refractivity contribution is 0.607. The smallest absolute Gasteiger partial charge is 0.0694 e. The SMILES string of the molecule is CCCNC(c1csc(C)c1)c1scc(C)c1Cl. The second-order valence-electron chi connectivity index (χ2n) is 4.47. The summed E-state index contributed by atoms with van der Waals surface area (Å²) in [6.45, 7) is 7.40. The molecule has 0 radical (unpaired) electrons. The molecule has 0 bridgehead atoms. The zero-order chi connectivity index (χ0) is 13.1. The molecule has 1 nitrogen and oxygen atoms in total. The van der Waals surface area contributed by atoms with Crippen molar-refractivity contribution in [3.63, 3.8) is 0 Å². The van der Waals surface area contributed by atoms with Crippen LogP contribution in [0.2, 0.25) is 5.02 Å². The van der Waals surface area contributed by atoms with E-state index >= 15 is 0 Å². The van der Waals surface area contributed by atoms with Crippen LogP contribution in [0, 0.1) is 13.8 Å². The van der Waals surface area contributed by atoms with E-state index in [1.54, 1.807) is 22.7 Å². The van der Waals surface area contributed by atoms with E-state index in [2.05, 4.69) is 42.9 Å². The zero-order valence-corrected chi connectivity index (χ0v) is 13.3. The third-order valence-electron chi connectivity index (χ3n) is 2.87. The summed E-state index contributed by atoms with van der Waals surface area (Å²) >= 11 is 9.96. The molecule has 0 aromatic carbocycles. The third kappa shape index (κ3) is 2.97. The van der Waals surface area contributed by atoms with Crippen molar-refractivity contribution >= 4 is 34.3 Å². The van der Waals surface area contributed by atoms with E-state index in [-0.39, 0.29) is 6.04 Å². The number of aryl methyl sites for hydroxylation is 2. The lowest BCUT2D eigenvalue weighted by atomic mass is 10.1. The molecular formula is C14H18ClNS2. The van der Waals surface area contributed by atoms with E-state index in [4.69, 9.17) is 11.6 Å². The molecule has 4 heteroatoms. The molecule has 1 N–H and O–H groups in total. The molecule has 2 rings (SSSR count). The highest BCUT2D eigenvalue weighted by molar-refractivity contribution is 7.11. The van der Waals surface area contributed by atoms with Gasteiger partial charge in [-0.1, -0.05) is 18.5 Å². The highest BCUT2D eigenvalue weighted by Gasteiger charge is 2.20. The van der Waals surface area contributed by atoms with Gasteiger partial charge in [-0.3, -0.25) is 0 Å². The van der Waals surface area contributed by atoms with Gasteiger partial charge in [-0.2, -0.15) is 0 Å². The van der Waals surface area contributed by atoms with Crippen molar-refractivity contribution in [2.24, 2.45) is 0 Å². The van der Waals surface area contributed by atoms with E-state index in [1.807, 2.05) is 0 Å². The fraction of sp³-hybridized carbons (Fsp3) is 0.429. The van der Waals surface area contributed by atoms with Gasteiger partial charge in [0.2, 0.25) is 0 Å². The Morgan fingerprint density at radius 2 is 2.06 bits per heavy atom. The first-order valence-corrected chi connectivity index (χ1v) is 8.29. The van der Waals surface area contributed by atoms with Crippen LogP contribution in [0.15, 0.2) is 16.8 Å². The van der Waals surface area contributed by atoms with E-state index < -0.39 is 0 Å². The average molecular weight is 300 g/mol. The summed E-state index contributed by atoms with van der Waals surface area (Å²) in [5.74, 6) is 0. The van der Waals surface area contributed by atoms with Crippen LogP contribution >= 0.6 is 34.3 Å². The number of thiophene rings is 2. The van der Waals surface area contributed by atoms with Crippen LogP contribution in [0.1, 0.15) is 40.3 Å². The van der Waals surface area contributed by atoms with Crippen molar-refractivity contribution in [1.82, 2.24) is 5.32 Å². The first kappa shape index (κ1) is 14.1. The normalized spacial score (nSPS) is 12.9. The minimum absolute atomic E-state index is 0.237. The molecule has 0 saturated heterocycles. The number of hydrogen-bond acceptors (Lipinski definition) is 3.